The van der Waals surface area contributed by atoms with Gasteiger partial charge in [0.2, 0.25) is 5.95 Å². The van der Waals surface area contributed by atoms with Crippen molar-refractivity contribution in [2.75, 3.05) is 28.6 Å². The first-order chi connectivity index (χ1) is 16.0. The van der Waals surface area contributed by atoms with E-state index < -0.39 is 11.9 Å². The van der Waals surface area contributed by atoms with Gasteiger partial charge < -0.3 is 26.4 Å². The largest absolute Gasteiger partial charge is 0.481 e. The van der Waals surface area contributed by atoms with E-state index in [1.165, 1.54) is 6.20 Å². The summed E-state index contributed by atoms with van der Waals surface area (Å²) in [5.41, 5.74) is 8.58. The van der Waals surface area contributed by atoms with Gasteiger partial charge in [-0.15, -0.1) is 0 Å². The van der Waals surface area contributed by atoms with E-state index in [9.17, 15) is 9.59 Å². The SMILES string of the molecule is NC(=O)c1cnc(Nc2ccc(N3CCC(C(=O)O)CC3)cc2)nc1NCc1ccccc1. The van der Waals surface area contributed by atoms with Gasteiger partial charge in [0.15, 0.2) is 0 Å². The first-order valence-electron chi connectivity index (χ1n) is 10.8. The normalized spacial score (nSPS) is 14.0. The number of carboxylic acid groups (broad SMARTS) is 1. The van der Waals surface area contributed by atoms with Crippen LogP contribution in [0.5, 0.6) is 0 Å². The number of nitrogens with zero attached hydrogens (tertiary/aromatic N) is 3. The molecule has 0 bridgehead atoms. The molecule has 1 aliphatic rings. The van der Waals surface area contributed by atoms with Crippen LogP contribution in [0.25, 0.3) is 0 Å². The molecule has 9 nitrogen and oxygen atoms in total. The average molecular weight is 447 g/mol. The Morgan fingerprint density at radius 1 is 1.06 bits per heavy atom. The van der Waals surface area contributed by atoms with Crippen LogP contribution >= 0.6 is 0 Å². The highest BCUT2D eigenvalue weighted by Gasteiger charge is 2.24. The van der Waals surface area contributed by atoms with E-state index in [2.05, 4.69) is 25.5 Å². The van der Waals surface area contributed by atoms with E-state index in [4.69, 9.17) is 10.8 Å². The monoisotopic (exact) mass is 446 g/mol. The number of anilines is 4. The van der Waals surface area contributed by atoms with Gasteiger partial charge in [0.1, 0.15) is 5.82 Å². The number of nitrogens with one attached hydrogen (secondary N) is 2. The zero-order valence-corrected chi connectivity index (χ0v) is 18.1. The van der Waals surface area contributed by atoms with Gasteiger partial charge in [0.05, 0.1) is 11.5 Å². The molecule has 0 atom stereocenters. The summed E-state index contributed by atoms with van der Waals surface area (Å²) in [4.78, 5) is 33.8. The van der Waals surface area contributed by atoms with E-state index in [1.807, 2.05) is 54.6 Å². The Balaban J connectivity index is 1.43. The highest BCUT2D eigenvalue weighted by atomic mass is 16.4. The van der Waals surface area contributed by atoms with Crippen molar-refractivity contribution in [2.24, 2.45) is 11.7 Å². The fourth-order valence-electron chi connectivity index (χ4n) is 3.81. The molecule has 2 aromatic carbocycles. The van der Waals surface area contributed by atoms with E-state index in [1.54, 1.807) is 0 Å². The smallest absolute Gasteiger partial charge is 0.306 e. The van der Waals surface area contributed by atoms with Crippen LogP contribution in [-0.4, -0.2) is 40.0 Å². The van der Waals surface area contributed by atoms with Crippen molar-refractivity contribution in [2.45, 2.75) is 19.4 Å². The molecule has 1 aromatic heterocycles. The minimum absolute atomic E-state index is 0.219. The molecule has 0 unspecified atom stereocenters. The molecule has 1 amide bonds. The first kappa shape index (κ1) is 22.1. The van der Waals surface area contributed by atoms with Crippen molar-refractivity contribution in [1.29, 1.82) is 0 Å². The van der Waals surface area contributed by atoms with Gasteiger partial charge >= 0.3 is 5.97 Å². The standard InChI is InChI=1S/C24H26N6O3/c25-21(31)20-15-27-24(29-22(20)26-14-16-4-2-1-3-5-16)28-18-6-8-19(9-7-18)30-12-10-17(11-13-30)23(32)33/h1-9,15,17H,10-14H2,(H2,25,31)(H,32,33)(H2,26,27,28,29). The van der Waals surface area contributed by atoms with E-state index in [0.717, 1.165) is 30.0 Å². The molecule has 0 aliphatic carbocycles. The van der Waals surface area contributed by atoms with Gasteiger partial charge in [-0.1, -0.05) is 30.3 Å². The second-order valence-electron chi connectivity index (χ2n) is 7.93. The molecule has 0 radical (unpaired) electrons. The minimum atomic E-state index is -0.714. The van der Waals surface area contributed by atoms with E-state index >= 15 is 0 Å². The zero-order valence-electron chi connectivity index (χ0n) is 18.1. The third kappa shape index (κ3) is 5.57. The van der Waals surface area contributed by atoms with Gasteiger partial charge in [-0.3, -0.25) is 9.59 Å². The fourth-order valence-corrected chi connectivity index (χ4v) is 3.81. The van der Waals surface area contributed by atoms with Crippen molar-refractivity contribution < 1.29 is 14.7 Å². The number of hydrogen-bond acceptors (Lipinski definition) is 7. The molecule has 5 N–H and O–H groups in total. The number of amides is 1. The molecule has 1 aliphatic heterocycles. The lowest BCUT2D eigenvalue weighted by atomic mass is 9.97. The van der Waals surface area contributed by atoms with Crippen LogP contribution in [0.3, 0.4) is 0 Å². The molecule has 3 aromatic rings. The molecule has 1 saturated heterocycles. The molecule has 9 heteroatoms. The molecule has 33 heavy (non-hydrogen) atoms. The Labute approximate surface area is 191 Å². The van der Waals surface area contributed by atoms with Crippen LogP contribution in [0.15, 0.2) is 60.8 Å². The van der Waals surface area contributed by atoms with Crippen LogP contribution in [0, 0.1) is 5.92 Å². The van der Waals surface area contributed by atoms with Crippen molar-refractivity contribution in [3.05, 3.63) is 71.9 Å². The predicted octanol–water partition coefficient (Wildman–Crippen LogP) is 3.23. The second kappa shape index (κ2) is 9.99. The molecular weight excluding hydrogens is 420 g/mol. The van der Waals surface area contributed by atoms with Crippen LogP contribution in [0.4, 0.5) is 23.1 Å². The van der Waals surface area contributed by atoms with Crippen LogP contribution in [0.2, 0.25) is 0 Å². The lowest BCUT2D eigenvalue weighted by Gasteiger charge is -2.32. The minimum Gasteiger partial charge on any atom is -0.481 e. The summed E-state index contributed by atoms with van der Waals surface area (Å²) in [6.45, 7) is 1.93. The summed E-state index contributed by atoms with van der Waals surface area (Å²) >= 11 is 0. The topological polar surface area (TPSA) is 133 Å². The van der Waals surface area contributed by atoms with Crippen LogP contribution < -0.4 is 21.3 Å². The van der Waals surface area contributed by atoms with Crippen LogP contribution in [0.1, 0.15) is 28.8 Å². The van der Waals surface area contributed by atoms with Gasteiger partial charge in [-0.2, -0.15) is 4.98 Å². The van der Waals surface area contributed by atoms with Gasteiger partial charge in [0.25, 0.3) is 5.91 Å². The Kier molecular flexibility index (Phi) is 6.68. The predicted molar refractivity (Wildman–Crippen MR) is 127 cm³/mol. The Bertz CT molecular complexity index is 1110. The van der Waals surface area contributed by atoms with Gasteiger partial charge in [-0.05, 0) is 42.7 Å². The Morgan fingerprint density at radius 3 is 2.39 bits per heavy atom. The van der Waals surface area contributed by atoms with E-state index in [-0.39, 0.29) is 11.5 Å². The number of carbonyl (C=O) groups is 2. The molecular formula is C24H26N6O3. The number of primary amides is 1. The maximum absolute atomic E-state index is 11.8. The third-order valence-electron chi connectivity index (χ3n) is 5.69. The van der Waals surface area contributed by atoms with Gasteiger partial charge in [0, 0.05) is 37.2 Å². The number of aliphatic carboxylic acids is 1. The number of piperidine rings is 1. The summed E-state index contributed by atoms with van der Waals surface area (Å²) < 4.78 is 0. The Morgan fingerprint density at radius 2 is 1.76 bits per heavy atom. The number of benzene rings is 2. The van der Waals surface area contributed by atoms with Crippen molar-refractivity contribution in [1.82, 2.24) is 9.97 Å². The molecule has 170 valence electrons. The zero-order chi connectivity index (χ0) is 23.2. The maximum Gasteiger partial charge on any atom is 0.306 e. The van der Waals surface area contributed by atoms with E-state index in [0.29, 0.717) is 31.2 Å². The number of hydrogen-bond donors (Lipinski definition) is 4. The first-order valence-corrected chi connectivity index (χ1v) is 10.8. The third-order valence-corrected chi connectivity index (χ3v) is 5.69. The van der Waals surface area contributed by atoms with Crippen LogP contribution in [-0.2, 0) is 11.3 Å². The number of rotatable bonds is 8. The molecule has 4 rings (SSSR count). The molecule has 0 spiro atoms. The highest BCUT2D eigenvalue weighted by molar-refractivity contribution is 5.97. The molecule has 0 saturated carbocycles. The summed E-state index contributed by atoms with van der Waals surface area (Å²) in [6, 6.07) is 17.6. The lowest BCUT2D eigenvalue weighted by molar-refractivity contribution is -0.142. The summed E-state index contributed by atoms with van der Waals surface area (Å²) in [5, 5.41) is 15.5. The maximum atomic E-state index is 11.8. The van der Waals surface area contributed by atoms with Gasteiger partial charge in [-0.25, -0.2) is 4.98 Å². The number of nitrogens with two attached hydrogens (primary N) is 1. The number of aromatic nitrogens is 2. The highest BCUT2D eigenvalue weighted by Crippen LogP contribution is 2.26. The number of carbonyl (C=O) groups excluding carboxylic acids is 1. The lowest BCUT2D eigenvalue weighted by Crippen LogP contribution is -2.36. The molecule has 1 fully saturated rings. The van der Waals surface area contributed by atoms with Crippen molar-refractivity contribution >= 4 is 35.0 Å². The fraction of sp³-hybridized carbons (Fsp3) is 0.250. The Hall–Kier alpha value is -4.14. The second-order valence-corrected chi connectivity index (χ2v) is 7.93. The quantitative estimate of drug-likeness (QED) is 0.414. The summed E-state index contributed by atoms with van der Waals surface area (Å²) in [7, 11) is 0. The molecule has 2 heterocycles. The summed E-state index contributed by atoms with van der Waals surface area (Å²) in [6.07, 6.45) is 2.70. The number of carboxylic acids is 1. The summed E-state index contributed by atoms with van der Waals surface area (Å²) in [5.74, 6) is -0.873. The van der Waals surface area contributed by atoms with Crippen molar-refractivity contribution in [3.8, 4) is 0 Å². The average Bonchev–Trinajstić information content (AvgIpc) is 2.84. The van der Waals surface area contributed by atoms with Crippen molar-refractivity contribution in [3.63, 3.8) is 0 Å².